The second-order valence-corrected chi connectivity index (χ2v) is 11.5. The molecule has 0 unspecified atom stereocenters. The molecule has 1 rings (SSSR count). The lowest BCUT2D eigenvalue weighted by Gasteiger charge is -2.38. The highest BCUT2D eigenvalue weighted by Gasteiger charge is 2.43. The summed E-state index contributed by atoms with van der Waals surface area (Å²) < 4.78 is 6.20. The summed E-state index contributed by atoms with van der Waals surface area (Å²) in [6.07, 6.45) is 0.655. The SMILES string of the molecule is CC(C)N1CC[C@H](O[Si](C)(C)C(C)(C)C)C1=O. The van der Waals surface area contributed by atoms with Crippen molar-refractivity contribution < 1.29 is 9.22 Å². The van der Waals surface area contributed by atoms with E-state index in [1.807, 2.05) is 4.90 Å². The van der Waals surface area contributed by atoms with E-state index in [-0.39, 0.29) is 23.1 Å². The van der Waals surface area contributed by atoms with Gasteiger partial charge in [0.05, 0.1) is 0 Å². The summed E-state index contributed by atoms with van der Waals surface area (Å²) in [6, 6.07) is 0.288. The van der Waals surface area contributed by atoms with Gasteiger partial charge in [0.2, 0.25) is 0 Å². The van der Waals surface area contributed by atoms with Crippen molar-refractivity contribution in [2.24, 2.45) is 0 Å². The molecule has 17 heavy (non-hydrogen) atoms. The third kappa shape index (κ3) is 3.10. The smallest absolute Gasteiger partial charge is 0.250 e. The summed E-state index contributed by atoms with van der Waals surface area (Å²) >= 11 is 0. The largest absolute Gasteiger partial charge is 0.405 e. The minimum absolute atomic E-state index is 0.165. The average molecular weight is 257 g/mol. The molecular formula is C13H27NO2Si. The van der Waals surface area contributed by atoms with Gasteiger partial charge in [-0.05, 0) is 38.4 Å². The second-order valence-electron chi connectivity index (χ2n) is 6.78. The summed E-state index contributed by atoms with van der Waals surface area (Å²) in [5.41, 5.74) is 0. The third-order valence-electron chi connectivity index (χ3n) is 4.06. The number of amides is 1. The Kier molecular flexibility index (Phi) is 4.09. The highest BCUT2D eigenvalue weighted by Crippen LogP contribution is 2.38. The van der Waals surface area contributed by atoms with Crippen LogP contribution in [0.4, 0.5) is 0 Å². The molecule has 0 saturated carbocycles. The number of carbonyl (C=O) groups is 1. The molecule has 0 spiro atoms. The average Bonchev–Trinajstić information content (AvgIpc) is 2.45. The predicted octanol–water partition coefficient (Wildman–Crippen LogP) is 3.02. The Hall–Kier alpha value is -0.353. The molecule has 1 aliphatic heterocycles. The van der Waals surface area contributed by atoms with Gasteiger partial charge in [-0.1, -0.05) is 20.8 Å². The molecular weight excluding hydrogens is 230 g/mol. The van der Waals surface area contributed by atoms with Crippen molar-refractivity contribution in [1.29, 1.82) is 0 Å². The fourth-order valence-electron chi connectivity index (χ4n) is 1.83. The van der Waals surface area contributed by atoms with Crippen LogP contribution in [0.25, 0.3) is 0 Å². The van der Waals surface area contributed by atoms with Gasteiger partial charge >= 0.3 is 0 Å². The van der Waals surface area contributed by atoms with Crippen molar-refractivity contribution in [2.45, 2.75) is 71.3 Å². The van der Waals surface area contributed by atoms with Gasteiger partial charge in [0.1, 0.15) is 6.10 Å². The Morgan fingerprint density at radius 2 is 1.88 bits per heavy atom. The molecule has 0 N–H and O–H groups in total. The lowest BCUT2D eigenvalue weighted by atomic mass is 10.2. The van der Waals surface area contributed by atoms with Crippen molar-refractivity contribution in [3.63, 3.8) is 0 Å². The summed E-state index contributed by atoms with van der Waals surface area (Å²) in [5.74, 6) is 0.185. The molecule has 3 nitrogen and oxygen atoms in total. The fourth-order valence-corrected chi connectivity index (χ4v) is 3.11. The molecule has 1 amide bonds. The van der Waals surface area contributed by atoms with Gasteiger partial charge in [-0.2, -0.15) is 0 Å². The van der Waals surface area contributed by atoms with E-state index in [0.717, 1.165) is 13.0 Å². The van der Waals surface area contributed by atoms with E-state index in [9.17, 15) is 4.79 Å². The Balaban J connectivity index is 2.70. The normalized spacial score (nSPS) is 22.7. The number of hydrogen-bond donors (Lipinski definition) is 0. The topological polar surface area (TPSA) is 29.5 Å². The van der Waals surface area contributed by atoms with Crippen LogP contribution in [-0.4, -0.2) is 37.8 Å². The standard InChI is InChI=1S/C13H27NO2Si/c1-10(2)14-9-8-11(12(14)15)16-17(6,7)13(3,4)5/h10-11H,8-9H2,1-7H3/t11-/m0/s1. The zero-order valence-corrected chi connectivity index (χ0v) is 13.3. The van der Waals surface area contributed by atoms with Crippen LogP contribution in [0.5, 0.6) is 0 Å². The lowest BCUT2D eigenvalue weighted by Crippen LogP contribution is -2.46. The van der Waals surface area contributed by atoms with Gasteiger partial charge in [-0.15, -0.1) is 0 Å². The summed E-state index contributed by atoms with van der Waals surface area (Å²) in [6.45, 7) is 16.0. The fraction of sp³-hybridized carbons (Fsp3) is 0.923. The van der Waals surface area contributed by atoms with E-state index in [4.69, 9.17) is 4.43 Å². The third-order valence-corrected chi connectivity index (χ3v) is 8.54. The van der Waals surface area contributed by atoms with Gasteiger partial charge in [-0.3, -0.25) is 4.79 Å². The first-order valence-corrected chi connectivity index (χ1v) is 9.45. The van der Waals surface area contributed by atoms with E-state index in [1.54, 1.807) is 0 Å². The van der Waals surface area contributed by atoms with Crippen LogP contribution < -0.4 is 0 Å². The van der Waals surface area contributed by atoms with Crippen LogP contribution >= 0.6 is 0 Å². The number of nitrogens with zero attached hydrogens (tertiary/aromatic N) is 1. The molecule has 0 aliphatic carbocycles. The molecule has 1 aliphatic rings. The molecule has 100 valence electrons. The molecule has 0 bridgehead atoms. The first-order chi connectivity index (χ1) is 7.56. The van der Waals surface area contributed by atoms with Crippen molar-refractivity contribution in [2.75, 3.05) is 6.54 Å². The van der Waals surface area contributed by atoms with Gasteiger partial charge < -0.3 is 9.33 Å². The zero-order valence-electron chi connectivity index (χ0n) is 12.3. The molecule has 0 radical (unpaired) electrons. The predicted molar refractivity (Wildman–Crippen MR) is 73.5 cm³/mol. The second kappa shape index (κ2) is 4.73. The van der Waals surface area contributed by atoms with Gasteiger partial charge in [-0.25, -0.2) is 0 Å². The van der Waals surface area contributed by atoms with Crippen LogP contribution in [0.2, 0.25) is 18.1 Å². The van der Waals surface area contributed by atoms with Crippen LogP contribution in [-0.2, 0) is 9.22 Å². The van der Waals surface area contributed by atoms with E-state index in [0.29, 0.717) is 0 Å². The van der Waals surface area contributed by atoms with Gasteiger partial charge in [0, 0.05) is 12.6 Å². The quantitative estimate of drug-likeness (QED) is 0.727. The van der Waals surface area contributed by atoms with Gasteiger partial charge in [0.25, 0.3) is 5.91 Å². The Morgan fingerprint density at radius 1 is 1.35 bits per heavy atom. The Labute approximate surface area is 107 Å². The Bertz CT molecular complexity index is 294. The van der Waals surface area contributed by atoms with Crippen molar-refractivity contribution in [3.8, 4) is 0 Å². The highest BCUT2D eigenvalue weighted by molar-refractivity contribution is 6.74. The monoisotopic (exact) mass is 257 g/mol. The summed E-state index contributed by atoms with van der Waals surface area (Å²) in [4.78, 5) is 14.1. The minimum atomic E-state index is -1.82. The zero-order chi connectivity index (χ0) is 13.4. The molecule has 4 heteroatoms. The van der Waals surface area contributed by atoms with E-state index >= 15 is 0 Å². The van der Waals surface area contributed by atoms with Crippen LogP contribution in [0.15, 0.2) is 0 Å². The number of likely N-dealkylation sites (tertiary alicyclic amines) is 1. The molecule has 1 heterocycles. The first-order valence-electron chi connectivity index (χ1n) is 6.54. The molecule has 0 aromatic heterocycles. The minimum Gasteiger partial charge on any atom is -0.405 e. The molecule has 1 fully saturated rings. The molecule has 1 saturated heterocycles. The molecule has 0 aromatic carbocycles. The van der Waals surface area contributed by atoms with Crippen LogP contribution in [0.1, 0.15) is 41.0 Å². The maximum absolute atomic E-state index is 12.2. The maximum Gasteiger partial charge on any atom is 0.250 e. The first kappa shape index (κ1) is 14.7. The maximum atomic E-state index is 12.2. The van der Waals surface area contributed by atoms with Crippen LogP contribution in [0, 0.1) is 0 Å². The summed E-state index contributed by atoms with van der Waals surface area (Å²) in [7, 11) is -1.82. The van der Waals surface area contributed by atoms with E-state index < -0.39 is 8.32 Å². The van der Waals surface area contributed by atoms with Crippen molar-refractivity contribution >= 4 is 14.2 Å². The lowest BCUT2D eigenvalue weighted by molar-refractivity contribution is -0.135. The van der Waals surface area contributed by atoms with Gasteiger partial charge in [0.15, 0.2) is 8.32 Å². The highest BCUT2D eigenvalue weighted by atomic mass is 28.4. The molecule has 1 atom stereocenters. The number of rotatable bonds is 3. The number of hydrogen-bond acceptors (Lipinski definition) is 2. The Morgan fingerprint density at radius 3 is 2.24 bits per heavy atom. The van der Waals surface area contributed by atoms with E-state index in [1.165, 1.54) is 0 Å². The van der Waals surface area contributed by atoms with E-state index in [2.05, 4.69) is 47.7 Å². The van der Waals surface area contributed by atoms with Crippen LogP contribution in [0.3, 0.4) is 0 Å². The van der Waals surface area contributed by atoms with Crippen molar-refractivity contribution in [1.82, 2.24) is 4.90 Å². The molecule has 0 aromatic rings. The number of carbonyl (C=O) groups excluding carboxylic acids is 1. The van der Waals surface area contributed by atoms with Crippen molar-refractivity contribution in [3.05, 3.63) is 0 Å². The summed E-state index contributed by atoms with van der Waals surface area (Å²) in [5, 5.41) is 0.165.